The predicted octanol–water partition coefficient (Wildman–Crippen LogP) is 3.05. The molecule has 3 heteroatoms. The first-order valence-electron chi connectivity index (χ1n) is 5.01. The van der Waals surface area contributed by atoms with Gasteiger partial charge < -0.3 is 10.1 Å². The van der Waals surface area contributed by atoms with Gasteiger partial charge in [-0.15, -0.1) is 11.8 Å². The molecule has 15 heavy (non-hydrogen) atoms. The third-order valence-corrected chi connectivity index (χ3v) is 3.54. The van der Waals surface area contributed by atoms with Gasteiger partial charge >= 0.3 is 0 Å². The number of aryl methyl sites for hydroxylation is 1. The van der Waals surface area contributed by atoms with Crippen LogP contribution in [-0.2, 0) is 0 Å². The molecule has 2 nitrogen and oxygen atoms in total. The van der Waals surface area contributed by atoms with Gasteiger partial charge in [-0.25, -0.2) is 0 Å². The fourth-order valence-corrected chi connectivity index (χ4v) is 2.34. The number of benzene rings is 1. The van der Waals surface area contributed by atoms with Gasteiger partial charge in [-0.2, -0.15) is 0 Å². The van der Waals surface area contributed by atoms with Crippen molar-refractivity contribution in [2.45, 2.75) is 30.5 Å². The molecule has 0 aromatic heterocycles. The van der Waals surface area contributed by atoms with Crippen molar-refractivity contribution >= 4 is 11.8 Å². The Morgan fingerprint density at radius 2 is 2.00 bits per heavy atom. The molecule has 0 spiro atoms. The number of rotatable bonds is 4. The zero-order valence-corrected chi connectivity index (χ0v) is 10.9. The van der Waals surface area contributed by atoms with Gasteiger partial charge in [0.15, 0.2) is 0 Å². The fourth-order valence-electron chi connectivity index (χ4n) is 1.19. The van der Waals surface area contributed by atoms with E-state index in [1.54, 1.807) is 18.9 Å². The summed E-state index contributed by atoms with van der Waals surface area (Å²) >= 11 is 1.78. The number of methoxy groups -OCH3 is 1. The lowest BCUT2D eigenvalue weighted by Crippen LogP contribution is -2.31. The SMILES string of the molecule is CNC(C)(C)Sc1cc(C)ccc1OC. The lowest BCUT2D eigenvalue weighted by Gasteiger charge is -2.24. The van der Waals surface area contributed by atoms with Crippen molar-refractivity contribution in [3.8, 4) is 5.75 Å². The summed E-state index contributed by atoms with van der Waals surface area (Å²) in [5, 5.41) is 3.27. The van der Waals surface area contributed by atoms with Gasteiger partial charge in [-0.1, -0.05) is 6.07 Å². The lowest BCUT2D eigenvalue weighted by molar-refractivity contribution is 0.404. The van der Waals surface area contributed by atoms with Crippen molar-refractivity contribution in [3.05, 3.63) is 23.8 Å². The standard InChI is InChI=1S/C12H19NOS/c1-9-6-7-10(14-5)11(8-9)15-12(2,3)13-4/h6-8,13H,1-5H3. The van der Waals surface area contributed by atoms with Gasteiger partial charge in [0.2, 0.25) is 0 Å². The number of nitrogens with one attached hydrogen (secondary N) is 1. The highest BCUT2D eigenvalue weighted by Gasteiger charge is 2.18. The third kappa shape index (κ3) is 3.43. The molecule has 0 amide bonds. The molecule has 0 aliphatic heterocycles. The van der Waals surface area contributed by atoms with Crippen molar-refractivity contribution < 1.29 is 4.74 Å². The highest BCUT2D eigenvalue weighted by molar-refractivity contribution is 8.00. The number of hydrogen-bond donors (Lipinski definition) is 1. The first kappa shape index (κ1) is 12.4. The maximum Gasteiger partial charge on any atom is 0.132 e. The van der Waals surface area contributed by atoms with Gasteiger partial charge in [0, 0.05) is 0 Å². The van der Waals surface area contributed by atoms with Crippen LogP contribution >= 0.6 is 11.8 Å². The highest BCUT2D eigenvalue weighted by Crippen LogP contribution is 2.36. The topological polar surface area (TPSA) is 21.3 Å². The van der Waals surface area contributed by atoms with E-state index in [0.717, 1.165) is 5.75 Å². The van der Waals surface area contributed by atoms with E-state index >= 15 is 0 Å². The van der Waals surface area contributed by atoms with Crippen molar-refractivity contribution in [2.24, 2.45) is 0 Å². The molecule has 1 rings (SSSR count). The third-order valence-electron chi connectivity index (χ3n) is 2.29. The highest BCUT2D eigenvalue weighted by atomic mass is 32.2. The minimum Gasteiger partial charge on any atom is -0.496 e. The predicted molar refractivity (Wildman–Crippen MR) is 66.7 cm³/mol. The summed E-state index contributed by atoms with van der Waals surface area (Å²) in [6.45, 7) is 6.40. The lowest BCUT2D eigenvalue weighted by atomic mass is 10.2. The van der Waals surface area contributed by atoms with Crippen LogP contribution < -0.4 is 10.1 Å². The van der Waals surface area contributed by atoms with Crippen molar-refractivity contribution in [1.82, 2.24) is 5.32 Å². The van der Waals surface area contributed by atoms with E-state index in [1.165, 1.54) is 10.5 Å². The van der Waals surface area contributed by atoms with E-state index in [4.69, 9.17) is 4.74 Å². The smallest absolute Gasteiger partial charge is 0.132 e. The summed E-state index contributed by atoms with van der Waals surface area (Å²) in [5.74, 6) is 0.939. The van der Waals surface area contributed by atoms with Gasteiger partial charge in [-0.3, -0.25) is 0 Å². The molecule has 0 aliphatic rings. The summed E-state index contributed by atoms with van der Waals surface area (Å²) < 4.78 is 5.34. The minimum absolute atomic E-state index is 0.0150. The average Bonchev–Trinajstić information content (AvgIpc) is 2.18. The Kier molecular flexibility index (Phi) is 4.05. The summed E-state index contributed by atoms with van der Waals surface area (Å²) in [6, 6.07) is 6.24. The van der Waals surface area contributed by atoms with E-state index in [2.05, 4.69) is 38.2 Å². The van der Waals surface area contributed by atoms with E-state index < -0.39 is 0 Å². The molecule has 0 bridgehead atoms. The first-order valence-corrected chi connectivity index (χ1v) is 5.83. The van der Waals surface area contributed by atoms with Crippen LogP contribution in [0.3, 0.4) is 0 Å². The Morgan fingerprint density at radius 3 is 2.53 bits per heavy atom. The molecule has 84 valence electrons. The van der Waals surface area contributed by atoms with Crippen LogP contribution in [-0.4, -0.2) is 19.0 Å². The van der Waals surface area contributed by atoms with E-state index in [9.17, 15) is 0 Å². The zero-order valence-electron chi connectivity index (χ0n) is 10.0. The maximum absolute atomic E-state index is 5.34. The molecule has 0 saturated heterocycles. The van der Waals surface area contributed by atoms with Crippen molar-refractivity contribution in [1.29, 1.82) is 0 Å². The summed E-state index contributed by atoms with van der Waals surface area (Å²) in [5.41, 5.74) is 1.25. The largest absolute Gasteiger partial charge is 0.496 e. The molecule has 0 radical (unpaired) electrons. The number of hydrogen-bond acceptors (Lipinski definition) is 3. The van der Waals surface area contributed by atoms with Crippen LogP contribution in [0.4, 0.5) is 0 Å². The fraction of sp³-hybridized carbons (Fsp3) is 0.500. The Balaban J connectivity index is 2.97. The number of ether oxygens (including phenoxy) is 1. The first-order chi connectivity index (χ1) is 6.98. The van der Waals surface area contributed by atoms with E-state index in [-0.39, 0.29) is 4.87 Å². The quantitative estimate of drug-likeness (QED) is 0.628. The Morgan fingerprint density at radius 1 is 1.33 bits per heavy atom. The molecule has 0 aliphatic carbocycles. The maximum atomic E-state index is 5.34. The van der Waals surface area contributed by atoms with Crippen LogP contribution in [0.1, 0.15) is 19.4 Å². The van der Waals surface area contributed by atoms with Gasteiger partial charge in [0.05, 0.1) is 16.9 Å². The second-order valence-corrected chi connectivity index (χ2v) is 5.68. The van der Waals surface area contributed by atoms with Crippen LogP contribution in [0, 0.1) is 6.92 Å². The van der Waals surface area contributed by atoms with Crippen molar-refractivity contribution in [2.75, 3.05) is 14.2 Å². The molecular weight excluding hydrogens is 206 g/mol. The Bertz CT molecular complexity index is 336. The Hall–Kier alpha value is -0.670. The number of thioether (sulfide) groups is 1. The minimum atomic E-state index is 0.0150. The normalized spacial score (nSPS) is 11.5. The monoisotopic (exact) mass is 225 g/mol. The molecule has 0 atom stereocenters. The molecule has 0 saturated carbocycles. The molecule has 1 aromatic carbocycles. The molecule has 1 aromatic rings. The van der Waals surface area contributed by atoms with E-state index in [0.29, 0.717) is 0 Å². The average molecular weight is 225 g/mol. The van der Waals surface area contributed by atoms with Gasteiger partial charge in [-0.05, 0) is 45.5 Å². The Labute approximate surface area is 96.4 Å². The van der Waals surface area contributed by atoms with Crippen LogP contribution in [0.15, 0.2) is 23.1 Å². The summed E-state index contributed by atoms with van der Waals surface area (Å²) in [4.78, 5) is 1.19. The second kappa shape index (κ2) is 4.90. The van der Waals surface area contributed by atoms with Crippen LogP contribution in [0.25, 0.3) is 0 Å². The molecule has 0 fully saturated rings. The second-order valence-electron chi connectivity index (χ2n) is 4.02. The van der Waals surface area contributed by atoms with Gasteiger partial charge in [0.1, 0.15) is 5.75 Å². The van der Waals surface area contributed by atoms with E-state index in [1.807, 2.05) is 13.1 Å². The van der Waals surface area contributed by atoms with Crippen LogP contribution in [0.5, 0.6) is 5.75 Å². The molecule has 0 unspecified atom stereocenters. The van der Waals surface area contributed by atoms with Gasteiger partial charge in [0.25, 0.3) is 0 Å². The van der Waals surface area contributed by atoms with Crippen molar-refractivity contribution in [3.63, 3.8) is 0 Å². The molecular formula is C12H19NOS. The molecule has 0 heterocycles. The summed E-state index contributed by atoms with van der Waals surface area (Å²) in [7, 11) is 3.68. The zero-order chi connectivity index (χ0) is 11.5. The van der Waals surface area contributed by atoms with Crippen LogP contribution in [0.2, 0.25) is 0 Å². The molecule has 1 N–H and O–H groups in total. The summed E-state index contributed by atoms with van der Waals surface area (Å²) in [6.07, 6.45) is 0.